The van der Waals surface area contributed by atoms with Gasteiger partial charge in [0.15, 0.2) is 0 Å². The van der Waals surface area contributed by atoms with Crippen molar-refractivity contribution in [1.82, 2.24) is 0 Å². The molecule has 20 heavy (non-hydrogen) atoms. The maximum atomic E-state index is 6.17. The molecule has 0 amide bonds. The second kappa shape index (κ2) is 6.70. The standard InChI is InChI=1S/C15H14BrCl2NO/c1-9-6-10(16)7-14(20-2)15(9)19-8-11-12(17)4-3-5-13(11)18/h3-7,19H,8H2,1-2H3. The third-order valence-corrected chi connectivity index (χ3v) is 4.15. The molecule has 0 radical (unpaired) electrons. The number of aryl methyl sites for hydroxylation is 1. The van der Waals surface area contributed by atoms with Gasteiger partial charge in [-0.15, -0.1) is 0 Å². The van der Waals surface area contributed by atoms with Crippen molar-refractivity contribution >= 4 is 44.8 Å². The smallest absolute Gasteiger partial charge is 0.143 e. The molecule has 0 aliphatic heterocycles. The first-order chi connectivity index (χ1) is 9.52. The minimum atomic E-state index is 0.539. The molecule has 1 N–H and O–H groups in total. The summed E-state index contributed by atoms with van der Waals surface area (Å²) < 4.78 is 6.38. The molecule has 2 aromatic rings. The van der Waals surface area contributed by atoms with Gasteiger partial charge in [0.2, 0.25) is 0 Å². The maximum Gasteiger partial charge on any atom is 0.143 e. The van der Waals surface area contributed by atoms with Crippen LogP contribution in [0.15, 0.2) is 34.8 Å². The number of ether oxygens (including phenoxy) is 1. The van der Waals surface area contributed by atoms with E-state index in [2.05, 4.69) is 21.2 Å². The van der Waals surface area contributed by atoms with Crippen molar-refractivity contribution < 1.29 is 4.74 Å². The number of benzene rings is 2. The minimum Gasteiger partial charge on any atom is -0.495 e. The second-order valence-corrected chi connectivity index (χ2v) is 6.08. The molecule has 0 saturated carbocycles. The highest BCUT2D eigenvalue weighted by molar-refractivity contribution is 9.10. The summed E-state index contributed by atoms with van der Waals surface area (Å²) >= 11 is 15.8. The SMILES string of the molecule is COc1cc(Br)cc(C)c1NCc1c(Cl)cccc1Cl. The number of hydrogen-bond donors (Lipinski definition) is 1. The number of halogens is 3. The van der Waals surface area contributed by atoms with E-state index in [4.69, 9.17) is 27.9 Å². The average molecular weight is 375 g/mol. The quantitative estimate of drug-likeness (QED) is 0.742. The minimum absolute atomic E-state index is 0.539. The summed E-state index contributed by atoms with van der Waals surface area (Å²) in [6.45, 7) is 2.56. The average Bonchev–Trinajstić information content (AvgIpc) is 2.39. The molecular formula is C15H14BrCl2NO. The van der Waals surface area contributed by atoms with Crippen molar-refractivity contribution in [3.63, 3.8) is 0 Å². The topological polar surface area (TPSA) is 21.3 Å². The van der Waals surface area contributed by atoms with E-state index in [1.165, 1.54) is 0 Å². The van der Waals surface area contributed by atoms with Crippen LogP contribution in [0.25, 0.3) is 0 Å². The van der Waals surface area contributed by atoms with Gasteiger partial charge in [0.05, 0.1) is 12.8 Å². The van der Waals surface area contributed by atoms with Gasteiger partial charge < -0.3 is 10.1 Å². The number of nitrogens with one attached hydrogen (secondary N) is 1. The van der Waals surface area contributed by atoms with Gasteiger partial charge >= 0.3 is 0 Å². The highest BCUT2D eigenvalue weighted by atomic mass is 79.9. The lowest BCUT2D eigenvalue weighted by atomic mass is 10.1. The molecule has 0 aromatic heterocycles. The number of hydrogen-bond acceptors (Lipinski definition) is 2. The van der Waals surface area contributed by atoms with Gasteiger partial charge in [0, 0.05) is 26.6 Å². The van der Waals surface area contributed by atoms with E-state index in [9.17, 15) is 0 Å². The predicted octanol–water partition coefficient (Wildman–Crippen LogP) is 5.69. The Morgan fingerprint density at radius 2 is 1.85 bits per heavy atom. The normalized spacial score (nSPS) is 10.4. The van der Waals surface area contributed by atoms with E-state index >= 15 is 0 Å². The van der Waals surface area contributed by atoms with Crippen LogP contribution in [0.2, 0.25) is 10.0 Å². The highest BCUT2D eigenvalue weighted by Crippen LogP contribution is 2.33. The van der Waals surface area contributed by atoms with Crippen LogP contribution >= 0.6 is 39.1 Å². The number of methoxy groups -OCH3 is 1. The van der Waals surface area contributed by atoms with Crippen molar-refractivity contribution in [1.29, 1.82) is 0 Å². The largest absolute Gasteiger partial charge is 0.495 e. The molecule has 5 heteroatoms. The summed E-state index contributed by atoms with van der Waals surface area (Å²) in [5.41, 5.74) is 2.89. The van der Waals surface area contributed by atoms with Gasteiger partial charge in [0.25, 0.3) is 0 Å². The Hall–Kier alpha value is -0.900. The monoisotopic (exact) mass is 373 g/mol. The molecule has 0 heterocycles. The number of rotatable bonds is 4. The van der Waals surface area contributed by atoms with E-state index in [1.807, 2.05) is 37.3 Å². The van der Waals surface area contributed by atoms with Crippen LogP contribution in [0.3, 0.4) is 0 Å². The summed E-state index contributed by atoms with van der Waals surface area (Å²) in [7, 11) is 1.65. The second-order valence-electron chi connectivity index (χ2n) is 4.35. The van der Waals surface area contributed by atoms with Crippen LogP contribution in [-0.4, -0.2) is 7.11 Å². The molecule has 0 unspecified atom stereocenters. The molecule has 0 aliphatic rings. The lowest BCUT2D eigenvalue weighted by molar-refractivity contribution is 0.416. The van der Waals surface area contributed by atoms with Gasteiger partial charge in [-0.1, -0.05) is 45.2 Å². The first-order valence-electron chi connectivity index (χ1n) is 6.04. The predicted molar refractivity (Wildman–Crippen MR) is 89.2 cm³/mol. The summed E-state index contributed by atoms with van der Waals surface area (Å²) in [5, 5.41) is 4.65. The van der Waals surface area contributed by atoms with Crippen molar-refractivity contribution in [2.45, 2.75) is 13.5 Å². The van der Waals surface area contributed by atoms with E-state index in [-0.39, 0.29) is 0 Å². The molecule has 0 saturated heterocycles. The summed E-state index contributed by atoms with van der Waals surface area (Å²) in [5.74, 6) is 0.778. The third kappa shape index (κ3) is 3.40. The number of anilines is 1. The zero-order chi connectivity index (χ0) is 14.7. The van der Waals surface area contributed by atoms with Gasteiger partial charge in [-0.3, -0.25) is 0 Å². The zero-order valence-corrected chi connectivity index (χ0v) is 14.2. The Labute approximate surface area is 137 Å². The first kappa shape index (κ1) is 15.5. The Morgan fingerprint density at radius 1 is 1.20 bits per heavy atom. The summed E-state index contributed by atoms with van der Waals surface area (Å²) in [4.78, 5) is 0. The summed E-state index contributed by atoms with van der Waals surface area (Å²) in [6, 6.07) is 9.44. The molecular weight excluding hydrogens is 361 g/mol. The molecule has 0 fully saturated rings. The molecule has 0 aliphatic carbocycles. The van der Waals surface area contributed by atoms with Crippen molar-refractivity contribution in [2.24, 2.45) is 0 Å². The van der Waals surface area contributed by atoms with Crippen LogP contribution in [-0.2, 0) is 6.54 Å². The Kier molecular flexibility index (Phi) is 5.19. The Bertz CT molecular complexity index is 611. The summed E-state index contributed by atoms with van der Waals surface area (Å²) in [6.07, 6.45) is 0. The van der Waals surface area contributed by atoms with E-state index < -0.39 is 0 Å². The highest BCUT2D eigenvalue weighted by Gasteiger charge is 2.10. The lowest BCUT2D eigenvalue weighted by Gasteiger charge is -2.16. The molecule has 0 atom stereocenters. The fraction of sp³-hybridized carbons (Fsp3) is 0.200. The molecule has 0 bridgehead atoms. The van der Waals surface area contributed by atoms with E-state index in [0.717, 1.165) is 27.0 Å². The van der Waals surface area contributed by atoms with Crippen molar-refractivity contribution in [3.8, 4) is 5.75 Å². The molecule has 2 aromatic carbocycles. The molecule has 0 spiro atoms. The molecule has 2 rings (SSSR count). The van der Waals surface area contributed by atoms with Crippen molar-refractivity contribution in [2.75, 3.05) is 12.4 Å². The van der Waals surface area contributed by atoms with Gasteiger partial charge in [-0.05, 0) is 36.8 Å². The Balaban J connectivity index is 2.27. The van der Waals surface area contributed by atoms with Crippen LogP contribution in [0, 0.1) is 6.92 Å². The first-order valence-corrected chi connectivity index (χ1v) is 7.58. The van der Waals surface area contributed by atoms with E-state index in [0.29, 0.717) is 16.6 Å². The molecule has 2 nitrogen and oxygen atoms in total. The van der Waals surface area contributed by atoms with Gasteiger partial charge in [-0.25, -0.2) is 0 Å². The van der Waals surface area contributed by atoms with Gasteiger partial charge in [0.1, 0.15) is 5.75 Å². The van der Waals surface area contributed by atoms with Crippen LogP contribution in [0.5, 0.6) is 5.75 Å². The zero-order valence-electron chi connectivity index (χ0n) is 11.1. The van der Waals surface area contributed by atoms with Crippen molar-refractivity contribution in [3.05, 3.63) is 56.0 Å². The fourth-order valence-electron chi connectivity index (χ4n) is 1.98. The van der Waals surface area contributed by atoms with Crippen LogP contribution < -0.4 is 10.1 Å². The fourth-order valence-corrected chi connectivity index (χ4v) is 3.06. The van der Waals surface area contributed by atoms with E-state index in [1.54, 1.807) is 7.11 Å². The van der Waals surface area contributed by atoms with Gasteiger partial charge in [-0.2, -0.15) is 0 Å². The maximum absolute atomic E-state index is 6.17. The van der Waals surface area contributed by atoms with Crippen LogP contribution in [0.4, 0.5) is 5.69 Å². The van der Waals surface area contributed by atoms with Crippen LogP contribution in [0.1, 0.15) is 11.1 Å². The molecule has 106 valence electrons. The third-order valence-electron chi connectivity index (χ3n) is 2.99. The Morgan fingerprint density at radius 3 is 2.45 bits per heavy atom. The lowest BCUT2D eigenvalue weighted by Crippen LogP contribution is -2.04.